The molecule has 2 aromatic carbocycles. The summed E-state index contributed by atoms with van der Waals surface area (Å²) in [6.45, 7) is -0.0715. The van der Waals surface area contributed by atoms with Gasteiger partial charge in [-0.2, -0.15) is 9.78 Å². The number of nitrogens with zero attached hydrogens (tertiary/aromatic N) is 6. The predicted molar refractivity (Wildman–Crippen MR) is 124 cm³/mol. The van der Waals surface area contributed by atoms with Gasteiger partial charge in [-0.3, -0.25) is 9.59 Å². The quantitative estimate of drug-likeness (QED) is 0.159. The molecule has 0 spiro atoms. The molecule has 0 unspecified atom stereocenters. The van der Waals surface area contributed by atoms with Gasteiger partial charge in [-0.15, -0.1) is 5.10 Å². The first-order chi connectivity index (χ1) is 17.4. The number of nitrogens with one attached hydrogen (secondary N) is 2. The lowest BCUT2D eigenvalue weighted by molar-refractivity contribution is 0.0696. The molecule has 0 aliphatic heterocycles. The number of rotatable bonds is 9. The Kier molecular flexibility index (Phi) is 6.62. The van der Waals surface area contributed by atoms with Crippen LogP contribution in [0.1, 0.15) is 42.5 Å². The van der Waals surface area contributed by atoms with E-state index in [1.807, 2.05) is 0 Å². The molecule has 2 amide bonds. The summed E-state index contributed by atoms with van der Waals surface area (Å²) >= 11 is 0. The number of carboxylic acid groups (broad SMARTS) is 1. The topological polar surface area (TPSA) is 230 Å². The Morgan fingerprint density at radius 1 is 1.08 bits per heavy atom. The Bertz CT molecular complexity index is 1480. The maximum absolute atomic E-state index is 12.9. The summed E-state index contributed by atoms with van der Waals surface area (Å²) in [5.74, 6) is -2.67. The number of benzene rings is 2. The van der Waals surface area contributed by atoms with E-state index in [2.05, 4.69) is 41.1 Å². The minimum atomic E-state index is -1.14. The molecule has 0 aliphatic carbocycles. The molecule has 2 heterocycles. The van der Waals surface area contributed by atoms with Crippen LogP contribution in [0, 0.1) is 0 Å². The van der Waals surface area contributed by atoms with Gasteiger partial charge in [0.25, 0.3) is 11.8 Å². The van der Waals surface area contributed by atoms with Gasteiger partial charge in [0.05, 0.1) is 29.6 Å². The fourth-order valence-electron chi connectivity index (χ4n) is 3.19. The second-order valence-corrected chi connectivity index (χ2v) is 7.12. The van der Waals surface area contributed by atoms with Gasteiger partial charge in [-0.05, 0) is 28.5 Å². The maximum atomic E-state index is 12.9. The first-order valence-electron chi connectivity index (χ1n) is 10.2. The van der Waals surface area contributed by atoms with Gasteiger partial charge in [-0.25, -0.2) is 14.8 Å². The molecular formula is C21H18N10O5. The van der Waals surface area contributed by atoms with Crippen LogP contribution in [-0.2, 0) is 6.54 Å². The summed E-state index contributed by atoms with van der Waals surface area (Å²) < 4.78 is 5.76. The number of amides is 2. The van der Waals surface area contributed by atoms with Crippen LogP contribution >= 0.6 is 0 Å². The molecule has 0 atom stereocenters. The summed E-state index contributed by atoms with van der Waals surface area (Å²) in [4.78, 5) is 36.0. The zero-order valence-corrected chi connectivity index (χ0v) is 18.3. The third-order valence-corrected chi connectivity index (χ3v) is 4.87. The number of carbonyl (C=O) groups excluding carboxylic acids is 2. The van der Waals surface area contributed by atoms with Crippen LogP contribution in [0.15, 0.2) is 58.3 Å². The smallest absolute Gasteiger partial charge is 0.336 e. The number of hydrazone groups is 1. The van der Waals surface area contributed by atoms with Crippen LogP contribution in [0.2, 0.25) is 0 Å². The van der Waals surface area contributed by atoms with E-state index in [1.54, 1.807) is 30.3 Å². The lowest BCUT2D eigenvalue weighted by Gasteiger charge is -2.11. The molecule has 2 aromatic heterocycles. The Balaban J connectivity index is 1.62. The Morgan fingerprint density at radius 2 is 1.81 bits per heavy atom. The number of hydrogen-bond donors (Lipinski definition) is 5. The van der Waals surface area contributed by atoms with Crippen molar-refractivity contribution in [1.29, 1.82) is 0 Å². The van der Waals surface area contributed by atoms with Crippen molar-refractivity contribution in [2.45, 2.75) is 6.54 Å². The van der Waals surface area contributed by atoms with E-state index < -0.39 is 17.8 Å². The normalized spacial score (nSPS) is 10.9. The molecule has 0 saturated carbocycles. The Labute approximate surface area is 201 Å². The number of hydrogen-bond acceptors (Lipinski definition) is 11. The zero-order chi connectivity index (χ0) is 25.7. The van der Waals surface area contributed by atoms with Crippen LogP contribution in [0.5, 0.6) is 0 Å². The van der Waals surface area contributed by atoms with E-state index in [9.17, 15) is 19.5 Å². The first kappa shape index (κ1) is 23.6. The van der Waals surface area contributed by atoms with Crippen molar-refractivity contribution in [3.63, 3.8) is 0 Å². The highest BCUT2D eigenvalue weighted by Crippen LogP contribution is 2.19. The van der Waals surface area contributed by atoms with Crippen LogP contribution < -0.4 is 22.2 Å². The lowest BCUT2D eigenvalue weighted by atomic mass is 10.1. The zero-order valence-electron chi connectivity index (χ0n) is 18.3. The van der Waals surface area contributed by atoms with Crippen molar-refractivity contribution in [1.82, 2.24) is 30.7 Å². The molecule has 7 N–H and O–H groups in total. The van der Waals surface area contributed by atoms with E-state index in [0.717, 1.165) is 4.68 Å². The minimum absolute atomic E-state index is 0.00783. The number of nitrogens with two attached hydrogens (primary N) is 2. The van der Waals surface area contributed by atoms with E-state index in [0.29, 0.717) is 5.69 Å². The fraction of sp³-hybridized carbons (Fsp3) is 0.0476. The standard InChI is InChI=1S/C21H18N10O5/c22-17-19(29-36-28-17)31-15(10-24-14-8-4-3-7-13(14)18(23)32)16(26-30-31)20(33)27-25-9-11-5-1-2-6-12(11)21(34)35/h1-9,24H,10H2,(H2,22,28)(H2,23,32)(H,27,33)(H,34,35)/b25-9-. The molecular weight excluding hydrogens is 472 g/mol. The SMILES string of the molecule is NC(=O)c1ccccc1NCc1c(C(=O)N/N=C\c2ccccc2C(=O)O)nnn1-c1nonc1N. The fourth-order valence-corrected chi connectivity index (χ4v) is 3.19. The second-order valence-electron chi connectivity index (χ2n) is 7.12. The highest BCUT2D eigenvalue weighted by atomic mass is 16.6. The summed E-state index contributed by atoms with van der Waals surface area (Å²) in [5.41, 5.74) is 14.4. The summed E-state index contributed by atoms with van der Waals surface area (Å²) in [7, 11) is 0. The third kappa shape index (κ3) is 4.84. The molecule has 15 nitrogen and oxygen atoms in total. The van der Waals surface area contributed by atoms with Gasteiger partial charge in [0.15, 0.2) is 5.69 Å². The van der Waals surface area contributed by atoms with Gasteiger partial charge >= 0.3 is 5.97 Å². The van der Waals surface area contributed by atoms with Crippen LogP contribution in [0.25, 0.3) is 5.82 Å². The van der Waals surface area contributed by atoms with Crippen LogP contribution in [-0.4, -0.2) is 54.4 Å². The highest BCUT2D eigenvalue weighted by Gasteiger charge is 2.24. The number of primary amides is 1. The maximum Gasteiger partial charge on any atom is 0.336 e. The molecule has 4 aromatic rings. The van der Waals surface area contributed by atoms with Crippen molar-refractivity contribution < 1.29 is 24.1 Å². The molecule has 0 bridgehead atoms. The van der Waals surface area contributed by atoms with Crippen molar-refractivity contribution >= 4 is 35.5 Å². The van der Waals surface area contributed by atoms with E-state index >= 15 is 0 Å². The molecule has 0 fully saturated rings. The largest absolute Gasteiger partial charge is 0.478 e. The number of carboxylic acids is 1. The Hall–Kier alpha value is -5.60. The van der Waals surface area contributed by atoms with Crippen molar-refractivity contribution in [3.8, 4) is 5.82 Å². The number of aromatic carboxylic acids is 1. The van der Waals surface area contributed by atoms with Crippen molar-refractivity contribution in [3.05, 3.63) is 76.6 Å². The predicted octanol–water partition coefficient (Wildman–Crippen LogP) is 0.406. The number of anilines is 2. The molecule has 15 heteroatoms. The van der Waals surface area contributed by atoms with Gasteiger partial charge in [0.1, 0.15) is 0 Å². The second kappa shape index (κ2) is 10.1. The van der Waals surface area contributed by atoms with E-state index in [4.69, 9.17) is 11.5 Å². The average molecular weight is 490 g/mol. The molecule has 4 rings (SSSR count). The molecule has 0 saturated heterocycles. The number of aromatic nitrogens is 5. The summed E-state index contributed by atoms with van der Waals surface area (Å²) in [5, 5.41) is 31.1. The Morgan fingerprint density at radius 3 is 2.50 bits per heavy atom. The molecule has 0 aliphatic rings. The van der Waals surface area contributed by atoms with E-state index in [1.165, 1.54) is 24.4 Å². The van der Waals surface area contributed by atoms with Crippen LogP contribution in [0.3, 0.4) is 0 Å². The lowest BCUT2D eigenvalue weighted by Crippen LogP contribution is -2.22. The van der Waals surface area contributed by atoms with E-state index in [-0.39, 0.29) is 46.3 Å². The summed E-state index contributed by atoms with van der Waals surface area (Å²) in [6.07, 6.45) is 1.19. The van der Waals surface area contributed by atoms with Gasteiger partial charge in [0, 0.05) is 11.3 Å². The monoisotopic (exact) mass is 490 g/mol. The molecule has 182 valence electrons. The number of nitrogen functional groups attached to an aromatic ring is 1. The van der Waals surface area contributed by atoms with Crippen LogP contribution in [0.4, 0.5) is 11.5 Å². The number of carbonyl (C=O) groups is 3. The molecule has 36 heavy (non-hydrogen) atoms. The van der Waals surface area contributed by atoms with Gasteiger partial charge < -0.3 is 21.9 Å². The third-order valence-electron chi connectivity index (χ3n) is 4.87. The van der Waals surface area contributed by atoms with Crippen molar-refractivity contribution in [2.24, 2.45) is 10.8 Å². The van der Waals surface area contributed by atoms with Gasteiger partial charge in [0.2, 0.25) is 11.6 Å². The van der Waals surface area contributed by atoms with Crippen molar-refractivity contribution in [2.75, 3.05) is 11.1 Å². The average Bonchev–Trinajstić information content (AvgIpc) is 3.48. The van der Waals surface area contributed by atoms with Gasteiger partial charge in [-0.1, -0.05) is 35.5 Å². The minimum Gasteiger partial charge on any atom is -0.478 e. The molecule has 0 radical (unpaired) electrons. The highest BCUT2D eigenvalue weighted by molar-refractivity contribution is 6.00. The first-order valence-corrected chi connectivity index (χ1v) is 10.2. The number of para-hydroxylation sites is 1. The summed E-state index contributed by atoms with van der Waals surface area (Å²) in [6, 6.07) is 12.6.